The first-order chi connectivity index (χ1) is 8.20. The van der Waals surface area contributed by atoms with Gasteiger partial charge in [0.2, 0.25) is 5.91 Å². The molecule has 17 heavy (non-hydrogen) atoms. The van der Waals surface area contributed by atoms with Crippen LogP contribution in [-0.4, -0.2) is 42.0 Å². The predicted octanol–water partition coefficient (Wildman–Crippen LogP) is 0.857. The molecular weight excluding hydrogens is 214 g/mol. The zero-order valence-electron chi connectivity index (χ0n) is 10.8. The fourth-order valence-electron chi connectivity index (χ4n) is 2.54. The van der Waals surface area contributed by atoms with Crippen LogP contribution in [0.5, 0.6) is 0 Å². The number of nitrogens with zero attached hydrogens (tertiary/aromatic N) is 1. The molecule has 4 nitrogen and oxygen atoms in total. The summed E-state index contributed by atoms with van der Waals surface area (Å²) < 4.78 is 0. The second-order valence-electron chi connectivity index (χ2n) is 5.47. The third kappa shape index (κ3) is 3.68. The van der Waals surface area contributed by atoms with Crippen molar-refractivity contribution in [3.05, 3.63) is 0 Å². The van der Waals surface area contributed by atoms with Gasteiger partial charge in [-0.15, -0.1) is 0 Å². The number of rotatable bonds is 6. The summed E-state index contributed by atoms with van der Waals surface area (Å²) in [6.45, 7) is 4.28. The molecule has 1 amide bonds. The average molecular weight is 239 g/mol. The Morgan fingerprint density at radius 2 is 2.24 bits per heavy atom. The van der Waals surface area contributed by atoms with Gasteiger partial charge in [-0.25, -0.2) is 0 Å². The van der Waals surface area contributed by atoms with E-state index < -0.39 is 0 Å². The number of amides is 1. The first kappa shape index (κ1) is 12.8. The Morgan fingerprint density at radius 3 is 2.88 bits per heavy atom. The maximum atomic E-state index is 11.8. The number of carbonyl (C=O) groups excluding carboxylic acids is 1. The Morgan fingerprint density at radius 1 is 1.47 bits per heavy atom. The molecule has 0 aromatic carbocycles. The van der Waals surface area contributed by atoms with Crippen molar-refractivity contribution in [2.45, 2.75) is 63.6 Å². The summed E-state index contributed by atoms with van der Waals surface area (Å²) in [6, 6.07) is 0.825. The Balaban J connectivity index is 1.67. The highest BCUT2D eigenvalue weighted by Gasteiger charge is 2.35. The van der Waals surface area contributed by atoms with Crippen LogP contribution in [-0.2, 0) is 4.79 Å². The van der Waals surface area contributed by atoms with E-state index in [9.17, 15) is 4.79 Å². The Labute approximate surface area is 104 Å². The van der Waals surface area contributed by atoms with Crippen LogP contribution in [0.2, 0.25) is 0 Å². The maximum Gasteiger partial charge on any atom is 0.237 e. The van der Waals surface area contributed by atoms with Gasteiger partial charge in [0.05, 0.1) is 6.04 Å². The molecule has 2 aliphatic rings. The van der Waals surface area contributed by atoms with Gasteiger partial charge < -0.3 is 11.1 Å². The van der Waals surface area contributed by atoms with Gasteiger partial charge in [0, 0.05) is 25.2 Å². The average Bonchev–Trinajstić information content (AvgIpc) is 3.07. The number of nitrogens with two attached hydrogens (primary N) is 1. The summed E-state index contributed by atoms with van der Waals surface area (Å²) >= 11 is 0. The van der Waals surface area contributed by atoms with Crippen LogP contribution in [0.1, 0.15) is 45.4 Å². The van der Waals surface area contributed by atoms with Gasteiger partial charge in [-0.3, -0.25) is 9.69 Å². The lowest BCUT2D eigenvalue weighted by molar-refractivity contribution is -0.123. The molecule has 4 heteroatoms. The first-order valence-corrected chi connectivity index (χ1v) is 7.00. The lowest BCUT2D eigenvalue weighted by Gasteiger charge is -2.18. The molecule has 1 saturated carbocycles. The number of hydrogen-bond acceptors (Lipinski definition) is 3. The van der Waals surface area contributed by atoms with Crippen LogP contribution in [0.25, 0.3) is 0 Å². The molecule has 2 rings (SSSR count). The molecular formula is C13H25N3O. The van der Waals surface area contributed by atoms with Crippen molar-refractivity contribution in [1.29, 1.82) is 0 Å². The van der Waals surface area contributed by atoms with Gasteiger partial charge in [0.15, 0.2) is 0 Å². The van der Waals surface area contributed by atoms with E-state index in [-0.39, 0.29) is 11.9 Å². The summed E-state index contributed by atoms with van der Waals surface area (Å²) in [4.78, 5) is 14.3. The smallest absolute Gasteiger partial charge is 0.237 e. The van der Waals surface area contributed by atoms with Gasteiger partial charge in [-0.2, -0.15) is 0 Å². The second kappa shape index (κ2) is 5.83. The van der Waals surface area contributed by atoms with Crippen molar-refractivity contribution in [2.75, 3.05) is 13.1 Å². The molecule has 2 atom stereocenters. The van der Waals surface area contributed by atoms with Gasteiger partial charge in [-0.1, -0.05) is 19.8 Å². The number of likely N-dealkylation sites (tertiary alicyclic amines) is 1. The van der Waals surface area contributed by atoms with Crippen molar-refractivity contribution in [3.8, 4) is 0 Å². The Bertz CT molecular complexity index is 265. The normalized spacial score (nSPS) is 27.1. The lowest BCUT2D eigenvalue weighted by atomic mass is 10.1. The predicted molar refractivity (Wildman–Crippen MR) is 68.6 cm³/mol. The lowest BCUT2D eigenvalue weighted by Crippen LogP contribution is -2.46. The molecule has 0 spiro atoms. The molecule has 0 bridgehead atoms. The second-order valence-corrected chi connectivity index (χ2v) is 5.47. The van der Waals surface area contributed by atoms with E-state index in [1.54, 1.807) is 0 Å². The number of carbonyl (C=O) groups is 1. The molecule has 98 valence electrons. The van der Waals surface area contributed by atoms with Gasteiger partial charge in [0.1, 0.15) is 0 Å². The van der Waals surface area contributed by atoms with Crippen molar-refractivity contribution >= 4 is 5.91 Å². The number of nitrogens with one attached hydrogen (secondary N) is 1. The molecule has 1 aliphatic heterocycles. The molecule has 1 aliphatic carbocycles. The molecule has 0 aromatic heterocycles. The summed E-state index contributed by atoms with van der Waals surface area (Å²) in [5, 5.41) is 3.09. The molecule has 0 aromatic rings. The fraction of sp³-hybridized carbons (Fsp3) is 0.923. The van der Waals surface area contributed by atoms with Crippen LogP contribution in [0.15, 0.2) is 0 Å². The summed E-state index contributed by atoms with van der Waals surface area (Å²) in [7, 11) is 0. The zero-order valence-corrected chi connectivity index (χ0v) is 10.8. The van der Waals surface area contributed by atoms with E-state index in [1.165, 1.54) is 12.8 Å². The molecule has 1 saturated heterocycles. The quantitative estimate of drug-likeness (QED) is 0.722. The van der Waals surface area contributed by atoms with Gasteiger partial charge in [-0.05, 0) is 25.7 Å². The zero-order chi connectivity index (χ0) is 12.3. The molecule has 3 N–H and O–H groups in total. The highest BCUT2D eigenvalue weighted by atomic mass is 16.2. The first-order valence-electron chi connectivity index (χ1n) is 7.00. The largest absolute Gasteiger partial charge is 0.351 e. The van der Waals surface area contributed by atoms with E-state index in [0.717, 1.165) is 44.8 Å². The number of unbranched alkanes of at least 4 members (excludes halogenated alkanes) is 1. The maximum absolute atomic E-state index is 11.8. The van der Waals surface area contributed by atoms with Crippen LogP contribution < -0.4 is 11.1 Å². The van der Waals surface area contributed by atoms with Gasteiger partial charge in [0.25, 0.3) is 0 Å². The minimum absolute atomic E-state index is 0.0427. The fourth-order valence-corrected chi connectivity index (χ4v) is 2.54. The van der Waals surface area contributed by atoms with Crippen molar-refractivity contribution in [1.82, 2.24) is 10.2 Å². The monoisotopic (exact) mass is 239 g/mol. The third-order valence-electron chi connectivity index (χ3n) is 3.83. The van der Waals surface area contributed by atoms with E-state index in [1.807, 2.05) is 0 Å². The minimum Gasteiger partial charge on any atom is -0.351 e. The molecule has 0 radical (unpaired) electrons. The minimum atomic E-state index is -0.315. The summed E-state index contributed by atoms with van der Waals surface area (Å²) in [5.41, 5.74) is 5.86. The van der Waals surface area contributed by atoms with Crippen LogP contribution in [0.4, 0.5) is 0 Å². The van der Waals surface area contributed by atoms with Crippen LogP contribution in [0, 0.1) is 0 Å². The number of hydrogen-bond donors (Lipinski definition) is 2. The van der Waals surface area contributed by atoms with E-state index in [0.29, 0.717) is 6.04 Å². The standard InChI is InChI=1S/C13H25N3O/c1-2-3-4-12(14)13(17)15-10-7-8-16(9-10)11-5-6-11/h10-12H,2-9,14H2,1H3,(H,15,17). The molecule has 1 heterocycles. The Kier molecular flexibility index (Phi) is 4.40. The highest BCUT2D eigenvalue weighted by molar-refractivity contribution is 5.81. The van der Waals surface area contributed by atoms with E-state index in [4.69, 9.17) is 5.73 Å². The van der Waals surface area contributed by atoms with E-state index >= 15 is 0 Å². The van der Waals surface area contributed by atoms with Crippen molar-refractivity contribution in [2.24, 2.45) is 5.73 Å². The SMILES string of the molecule is CCCCC(N)C(=O)NC1CCN(C2CC2)C1. The highest BCUT2D eigenvalue weighted by Crippen LogP contribution is 2.29. The topological polar surface area (TPSA) is 58.4 Å². The summed E-state index contributed by atoms with van der Waals surface area (Å²) in [5.74, 6) is 0.0427. The van der Waals surface area contributed by atoms with Crippen molar-refractivity contribution in [3.63, 3.8) is 0 Å². The van der Waals surface area contributed by atoms with E-state index in [2.05, 4.69) is 17.1 Å². The third-order valence-corrected chi connectivity index (χ3v) is 3.83. The summed E-state index contributed by atoms with van der Waals surface area (Å²) in [6.07, 6.45) is 6.71. The van der Waals surface area contributed by atoms with Gasteiger partial charge >= 0.3 is 0 Å². The Hall–Kier alpha value is -0.610. The molecule has 2 fully saturated rings. The van der Waals surface area contributed by atoms with Crippen LogP contribution >= 0.6 is 0 Å². The van der Waals surface area contributed by atoms with Crippen molar-refractivity contribution < 1.29 is 4.79 Å². The van der Waals surface area contributed by atoms with Crippen LogP contribution in [0.3, 0.4) is 0 Å². The molecule has 2 unspecified atom stereocenters.